The minimum Gasteiger partial charge on any atom is -0.300 e. The zero-order chi connectivity index (χ0) is 33.4. The molecule has 0 unspecified atom stereocenters. The lowest BCUT2D eigenvalue weighted by molar-refractivity contribution is 1.48. The molecule has 0 aromatic heterocycles. The SMILES string of the molecule is N=C(/C=C(\N=Cc1c2ccccc2cc2c1ccc1ccccc12)c1cc2ccccc2c2ccccc12)c1ccc(-c2ccccc2)cc1. The molecule has 50 heavy (non-hydrogen) atoms. The van der Waals surface area contributed by atoms with E-state index in [1.54, 1.807) is 0 Å². The molecule has 2 nitrogen and oxygen atoms in total. The fraction of sp³-hybridized carbons (Fsp3) is 0. The number of nitrogens with zero attached hydrogens (tertiary/aromatic N) is 1. The third-order valence-electron chi connectivity index (χ3n) is 9.77. The van der Waals surface area contributed by atoms with E-state index >= 15 is 0 Å². The molecule has 0 aliphatic heterocycles. The number of hydrogen-bond donors (Lipinski definition) is 1. The molecule has 0 atom stereocenters. The van der Waals surface area contributed by atoms with E-state index < -0.39 is 0 Å². The Morgan fingerprint density at radius 2 is 0.980 bits per heavy atom. The van der Waals surface area contributed by atoms with Crippen LogP contribution in [0.3, 0.4) is 0 Å². The lowest BCUT2D eigenvalue weighted by Crippen LogP contribution is -1.98. The maximum absolute atomic E-state index is 9.34. The van der Waals surface area contributed by atoms with Crippen molar-refractivity contribution in [1.29, 1.82) is 5.41 Å². The summed E-state index contributed by atoms with van der Waals surface area (Å²) in [6, 6.07) is 61.7. The van der Waals surface area contributed by atoms with E-state index in [0.29, 0.717) is 5.71 Å². The molecule has 0 heterocycles. The van der Waals surface area contributed by atoms with Crippen molar-refractivity contribution in [3.8, 4) is 11.1 Å². The van der Waals surface area contributed by atoms with E-state index in [2.05, 4.69) is 146 Å². The van der Waals surface area contributed by atoms with Crippen molar-refractivity contribution >= 4 is 71.5 Å². The standard InChI is InChI=1S/C48H32N2/c49-47(35-24-22-33(23-25-35)32-12-2-1-3-13-32)30-48(45-29-37-16-5-8-18-39(37)41-20-10-11-21-42(41)45)50-31-46-40-19-9-6-15-36(40)28-44-38-17-7-4-14-34(38)26-27-43(44)46/h1-31,49H/b48-30-,49-47?,50-31?. The smallest absolute Gasteiger partial charge is 0.0730 e. The molecule has 0 radical (unpaired) electrons. The van der Waals surface area contributed by atoms with Gasteiger partial charge >= 0.3 is 0 Å². The highest BCUT2D eigenvalue weighted by molar-refractivity contribution is 6.21. The van der Waals surface area contributed by atoms with Crippen LogP contribution in [0.2, 0.25) is 0 Å². The summed E-state index contributed by atoms with van der Waals surface area (Å²) in [6.45, 7) is 0. The van der Waals surface area contributed by atoms with E-state index in [0.717, 1.165) is 55.1 Å². The Balaban J connectivity index is 1.25. The summed E-state index contributed by atoms with van der Waals surface area (Å²) >= 11 is 0. The van der Waals surface area contributed by atoms with Gasteiger partial charge in [0.05, 0.1) is 11.4 Å². The average molecular weight is 637 g/mol. The molecule has 2 heteroatoms. The van der Waals surface area contributed by atoms with Crippen molar-refractivity contribution < 1.29 is 0 Å². The third-order valence-corrected chi connectivity index (χ3v) is 9.77. The predicted octanol–water partition coefficient (Wildman–Crippen LogP) is 12.6. The minimum atomic E-state index is 0.405. The second kappa shape index (κ2) is 12.4. The second-order valence-corrected chi connectivity index (χ2v) is 12.7. The normalized spacial score (nSPS) is 12.1. The van der Waals surface area contributed by atoms with Crippen molar-refractivity contribution in [1.82, 2.24) is 0 Å². The number of allylic oxidation sites excluding steroid dienone is 1. The molecule has 0 saturated heterocycles. The van der Waals surface area contributed by atoms with Gasteiger partial charge in [0.2, 0.25) is 0 Å². The zero-order valence-corrected chi connectivity index (χ0v) is 27.3. The van der Waals surface area contributed by atoms with Crippen molar-refractivity contribution in [2.75, 3.05) is 0 Å². The van der Waals surface area contributed by atoms with Crippen LogP contribution in [0.25, 0.3) is 70.7 Å². The number of aliphatic imine (C=N–C) groups is 1. The predicted molar refractivity (Wildman–Crippen MR) is 215 cm³/mol. The van der Waals surface area contributed by atoms with E-state index in [1.165, 1.54) is 32.3 Å². The fourth-order valence-electron chi connectivity index (χ4n) is 7.27. The summed E-state index contributed by atoms with van der Waals surface area (Å²) in [7, 11) is 0. The Morgan fingerprint density at radius 3 is 1.72 bits per heavy atom. The Labute approximate surface area is 290 Å². The largest absolute Gasteiger partial charge is 0.300 e. The van der Waals surface area contributed by atoms with Crippen LogP contribution in [0.5, 0.6) is 0 Å². The van der Waals surface area contributed by atoms with Crippen molar-refractivity contribution in [3.05, 3.63) is 199 Å². The van der Waals surface area contributed by atoms with E-state index in [1.807, 2.05) is 42.6 Å². The number of benzene rings is 9. The molecular formula is C48H32N2. The van der Waals surface area contributed by atoms with E-state index in [9.17, 15) is 5.41 Å². The summed E-state index contributed by atoms with van der Waals surface area (Å²) in [5, 5.41) is 21.1. The fourth-order valence-corrected chi connectivity index (χ4v) is 7.27. The lowest BCUT2D eigenvalue weighted by atomic mass is 9.93. The summed E-state index contributed by atoms with van der Waals surface area (Å²) in [6.07, 6.45) is 3.94. The van der Waals surface area contributed by atoms with Crippen molar-refractivity contribution in [2.24, 2.45) is 4.99 Å². The summed E-state index contributed by atoms with van der Waals surface area (Å²) in [5.41, 5.74) is 6.33. The van der Waals surface area contributed by atoms with Crippen LogP contribution in [0.1, 0.15) is 16.7 Å². The molecule has 9 aromatic carbocycles. The van der Waals surface area contributed by atoms with Gasteiger partial charge < -0.3 is 5.41 Å². The average Bonchev–Trinajstić information content (AvgIpc) is 3.19. The maximum atomic E-state index is 9.34. The van der Waals surface area contributed by atoms with Gasteiger partial charge in [0, 0.05) is 17.3 Å². The first kappa shape index (κ1) is 29.5. The Bertz CT molecular complexity index is 2810. The van der Waals surface area contributed by atoms with Gasteiger partial charge in [0.1, 0.15) is 0 Å². The molecule has 0 fully saturated rings. The van der Waals surface area contributed by atoms with Gasteiger partial charge in [-0.25, -0.2) is 0 Å². The molecule has 0 aliphatic rings. The van der Waals surface area contributed by atoms with Crippen molar-refractivity contribution in [3.63, 3.8) is 0 Å². The van der Waals surface area contributed by atoms with Gasteiger partial charge in [-0.15, -0.1) is 0 Å². The Hall–Kier alpha value is -6.64. The van der Waals surface area contributed by atoms with Crippen LogP contribution < -0.4 is 0 Å². The maximum Gasteiger partial charge on any atom is 0.0730 e. The Morgan fingerprint density at radius 1 is 0.420 bits per heavy atom. The molecular weight excluding hydrogens is 605 g/mol. The number of rotatable bonds is 6. The Kier molecular flexibility index (Phi) is 7.33. The number of hydrogen-bond acceptors (Lipinski definition) is 2. The minimum absolute atomic E-state index is 0.405. The number of fused-ring (bicyclic) bond motifs is 7. The summed E-state index contributed by atoms with van der Waals surface area (Å²) in [4.78, 5) is 5.33. The molecule has 0 spiro atoms. The lowest BCUT2D eigenvalue weighted by Gasteiger charge is -2.13. The van der Waals surface area contributed by atoms with Crippen LogP contribution in [0, 0.1) is 5.41 Å². The quantitative estimate of drug-likeness (QED) is 0.107. The van der Waals surface area contributed by atoms with Gasteiger partial charge in [0.25, 0.3) is 0 Å². The van der Waals surface area contributed by atoms with Crippen LogP contribution in [0.4, 0.5) is 0 Å². The van der Waals surface area contributed by atoms with Crippen molar-refractivity contribution in [2.45, 2.75) is 0 Å². The third kappa shape index (κ3) is 5.24. The van der Waals surface area contributed by atoms with Gasteiger partial charge in [0.15, 0.2) is 0 Å². The molecule has 9 aromatic rings. The van der Waals surface area contributed by atoms with Gasteiger partial charge in [-0.2, -0.15) is 0 Å². The molecule has 1 N–H and O–H groups in total. The summed E-state index contributed by atoms with van der Waals surface area (Å²) in [5.74, 6) is 0. The van der Waals surface area contributed by atoms with Crippen LogP contribution in [0.15, 0.2) is 187 Å². The molecule has 0 saturated carbocycles. The van der Waals surface area contributed by atoms with E-state index in [4.69, 9.17) is 4.99 Å². The van der Waals surface area contributed by atoms with E-state index in [-0.39, 0.29) is 0 Å². The summed E-state index contributed by atoms with van der Waals surface area (Å²) < 4.78 is 0. The first-order valence-electron chi connectivity index (χ1n) is 17.0. The van der Waals surface area contributed by atoms with Crippen LogP contribution in [-0.4, -0.2) is 11.9 Å². The molecule has 0 bridgehead atoms. The highest BCUT2D eigenvalue weighted by Gasteiger charge is 2.14. The van der Waals surface area contributed by atoms with Gasteiger partial charge in [-0.1, -0.05) is 164 Å². The second-order valence-electron chi connectivity index (χ2n) is 12.7. The first-order chi connectivity index (χ1) is 24.7. The monoisotopic (exact) mass is 636 g/mol. The highest BCUT2D eigenvalue weighted by atomic mass is 14.7. The zero-order valence-electron chi connectivity index (χ0n) is 27.3. The number of nitrogens with one attached hydrogen (secondary N) is 1. The topological polar surface area (TPSA) is 36.2 Å². The molecule has 9 rings (SSSR count). The molecule has 234 valence electrons. The molecule has 0 amide bonds. The van der Waals surface area contributed by atoms with Gasteiger partial charge in [-0.05, 0) is 88.8 Å². The van der Waals surface area contributed by atoms with Crippen LogP contribution >= 0.6 is 0 Å². The van der Waals surface area contributed by atoms with Crippen LogP contribution in [-0.2, 0) is 0 Å². The van der Waals surface area contributed by atoms with Gasteiger partial charge in [-0.3, -0.25) is 4.99 Å². The molecule has 0 aliphatic carbocycles. The first-order valence-corrected chi connectivity index (χ1v) is 17.0. The highest BCUT2D eigenvalue weighted by Crippen LogP contribution is 2.36.